The second kappa shape index (κ2) is 7.29. The molecule has 0 aromatic heterocycles. The molecule has 3 nitrogen and oxygen atoms in total. The SMILES string of the molecule is CNC(CCC(=O)OC)c1cc(C(C)C)ccc1C. The smallest absolute Gasteiger partial charge is 0.305 e. The second-order valence-electron chi connectivity index (χ2n) is 5.23. The summed E-state index contributed by atoms with van der Waals surface area (Å²) < 4.78 is 4.71. The number of benzene rings is 1. The number of ether oxygens (including phenoxy) is 1. The van der Waals surface area contributed by atoms with E-state index in [1.807, 2.05) is 7.05 Å². The number of nitrogens with one attached hydrogen (secondary N) is 1. The molecule has 0 spiro atoms. The number of aryl methyl sites for hydroxylation is 1. The first-order valence-corrected chi connectivity index (χ1v) is 6.84. The first kappa shape index (κ1) is 15.7. The Balaban J connectivity index is 2.90. The van der Waals surface area contributed by atoms with Crippen molar-refractivity contribution in [2.75, 3.05) is 14.2 Å². The van der Waals surface area contributed by atoms with Crippen molar-refractivity contribution in [3.63, 3.8) is 0 Å². The van der Waals surface area contributed by atoms with Crippen molar-refractivity contribution in [3.05, 3.63) is 34.9 Å². The zero-order valence-electron chi connectivity index (χ0n) is 12.6. The number of hydrogen-bond acceptors (Lipinski definition) is 3. The van der Waals surface area contributed by atoms with Crippen LogP contribution in [0.2, 0.25) is 0 Å². The van der Waals surface area contributed by atoms with Crippen molar-refractivity contribution in [1.82, 2.24) is 5.32 Å². The summed E-state index contributed by atoms with van der Waals surface area (Å²) in [6, 6.07) is 6.78. The number of hydrogen-bond donors (Lipinski definition) is 1. The van der Waals surface area contributed by atoms with Crippen LogP contribution in [0.3, 0.4) is 0 Å². The largest absolute Gasteiger partial charge is 0.469 e. The predicted molar refractivity (Wildman–Crippen MR) is 78.3 cm³/mol. The van der Waals surface area contributed by atoms with Gasteiger partial charge in [-0.25, -0.2) is 0 Å². The van der Waals surface area contributed by atoms with E-state index in [4.69, 9.17) is 4.74 Å². The van der Waals surface area contributed by atoms with E-state index in [2.05, 4.69) is 44.3 Å². The molecule has 1 atom stereocenters. The van der Waals surface area contributed by atoms with E-state index in [0.717, 1.165) is 6.42 Å². The molecule has 1 rings (SSSR count). The summed E-state index contributed by atoms with van der Waals surface area (Å²) in [4.78, 5) is 11.3. The van der Waals surface area contributed by atoms with Gasteiger partial charge in [-0.05, 0) is 43.0 Å². The molecule has 0 aliphatic rings. The molecular formula is C16H25NO2. The molecule has 1 aromatic rings. The molecule has 1 N–H and O–H groups in total. The van der Waals surface area contributed by atoms with Gasteiger partial charge in [0.2, 0.25) is 0 Å². The molecule has 0 radical (unpaired) electrons. The van der Waals surface area contributed by atoms with E-state index in [1.54, 1.807) is 0 Å². The van der Waals surface area contributed by atoms with Crippen LogP contribution in [-0.2, 0) is 9.53 Å². The van der Waals surface area contributed by atoms with Crippen molar-refractivity contribution < 1.29 is 9.53 Å². The van der Waals surface area contributed by atoms with Crippen LogP contribution in [-0.4, -0.2) is 20.1 Å². The van der Waals surface area contributed by atoms with Gasteiger partial charge < -0.3 is 10.1 Å². The van der Waals surface area contributed by atoms with Crippen molar-refractivity contribution in [1.29, 1.82) is 0 Å². The topological polar surface area (TPSA) is 38.3 Å². The summed E-state index contributed by atoms with van der Waals surface area (Å²) in [7, 11) is 3.37. The van der Waals surface area contributed by atoms with Gasteiger partial charge in [-0.3, -0.25) is 4.79 Å². The third-order valence-corrected chi connectivity index (χ3v) is 3.56. The maximum atomic E-state index is 11.3. The minimum Gasteiger partial charge on any atom is -0.469 e. The number of carbonyl (C=O) groups is 1. The van der Waals surface area contributed by atoms with Crippen LogP contribution in [0.25, 0.3) is 0 Å². The number of esters is 1. The zero-order chi connectivity index (χ0) is 14.4. The quantitative estimate of drug-likeness (QED) is 0.800. The van der Waals surface area contributed by atoms with Crippen LogP contribution < -0.4 is 5.32 Å². The molecule has 19 heavy (non-hydrogen) atoms. The highest BCUT2D eigenvalue weighted by molar-refractivity contribution is 5.69. The van der Waals surface area contributed by atoms with Gasteiger partial charge in [-0.2, -0.15) is 0 Å². The fraction of sp³-hybridized carbons (Fsp3) is 0.562. The third-order valence-electron chi connectivity index (χ3n) is 3.56. The lowest BCUT2D eigenvalue weighted by Gasteiger charge is -2.20. The lowest BCUT2D eigenvalue weighted by molar-refractivity contribution is -0.140. The monoisotopic (exact) mass is 263 g/mol. The van der Waals surface area contributed by atoms with E-state index in [9.17, 15) is 4.79 Å². The summed E-state index contributed by atoms with van der Waals surface area (Å²) in [5.74, 6) is 0.357. The fourth-order valence-electron chi connectivity index (χ4n) is 2.21. The molecule has 0 aliphatic carbocycles. The Hall–Kier alpha value is -1.35. The van der Waals surface area contributed by atoms with Crippen LogP contribution in [0.5, 0.6) is 0 Å². The summed E-state index contributed by atoms with van der Waals surface area (Å²) in [6.07, 6.45) is 1.19. The molecule has 3 heteroatoms. The molecule has 0 bridgehead atoms. The first-order chi connectivity index (χ1) is 8.99. The molecule has 0 heterocycles. The molecule has 1 unspecified atom stereocenters. The molecule has 0 saturated carbocycles. The Morgan fingerprint density at radius 3 is 2.58 bits per heavy atom. The van der Waals surface area contributed by atoms with E-state index in [1.165, 1.54) is 23.8 Å². The maximum Gasteiger partial charge on any atom is 0.305 e. The Morgan fingerprint density at radius 1 is 1.37 bits per heavy atom. The average molecular weight is 263 g/mol. The third kappa shape index (κ3) is 4.35. The average Bonchev–Trinajstić information content (AvgIpc) is 2.40. The lowest BCUT2D eigenvalue weighted by atomic mass is 9.92. The Kier molecular flexibility index (Phi) is 6.03. The van der Waals surface area contributed by atoms with E-state index in [0.29, 0.717) is 12.3 Å². The first-order valence-electron chi connectivity index (χ1n) is 6.84. The van der Waals surface area contributed by atoms with Crippen LogP contribution in [0.1, 0.15) is 55.3 Å². The minimum absolute atomic E-state index is 0.155. The van der Waals surface area contributed by atoms with Gasteiger partial charge >= 0.3 is 5.97 Å². The van der Waals surface area contributed by atoms with Crippen molar-refractivity contribution >= 4 is 5.97 Å². The van der Waals surface area contributed by atoms with Gasteiger partial charge in [0.05, 0.1) is 7.11 Å². The van der Waals surface area contributed by atoms with E-state index in [-0.39, 0.29) is 12.0 Å². The lowest BCUT2D eigenvalue weighted by Crippen LogP contribution is -2.19. The van der Waals surface area contributed by atoms with Crippen molar-refractivity contribution in [2.24, 2.45) is 0 Å². The Bertz CT molecular complexity index is 427. The molecule has 0 fully saturated rings. The standard InChI is InChI=1S/C16H25NO2/c1-11(2)13-7-6-12(3)14(10-13)15(17-4)8-9-16(18)19-5/h6-7,10-11,15,17H,8-9H2,1-5H3. The van der Waals surface area contributed by atoms with Gasteiger partial charge in [0, 0.05) is 12.5 Å². The van der Waals surface area contributed by atoms with Crippen molar-refractivity contribution in [3.8, 4) is 0 Å². The molecule has 106 valence electrons. The molecule has 0 aliphatic heterocycles. The molecule has 0 amide bonds. The summed E-state index contributed by atoms with van der Waals surface area (Å²) in [6.45, 7) is 6.50. The summed E-state index contributed by atoms with van der Waals surface area (Å²) in [5.41, 5.74) is 3.87. The highest BCUT2D eigenvalue weighted by atomic mass is 16.5. The molecular weight excluding hydrogens is 238 g/mol. The molecule has 0 saturated heterocycles. The minimum atomic E-state index is -0.155. The van der Waals surface area contributed by atoms with Gasteiger partial charge in [-0.15, -0.1) is 0 Å². The maximum absolute atomic E-state index is 11.3. The van der Waals surface area contributed by atoms with Crippen LogP contribution >= 0.6 is 0 Å². The van der Waals surface area contributed by atoms with E-state index < -0.39 is 0 Å². The second-order valence-corrected chi connectivity index (χ2v) is 5.23. The number of carbonyl (C=O) groups excluding carboxylic acids is 1. The van der Waals surface area contributed by atoms with Crippen LogP contribution in [0.4, 0.5) is 0 Å². The fourth-order valence-corrected chi connectivity index (χ4v) is 2.21. The normalized spacial score (nSPS) is 12.5. The highest BCUT2D eigenvalue weighted by Crippen LogP contribution is 2.26. The van der Waals surface area contributed by atoms with E-state index >= 15 is 0 Å². The highest BCUT2D eigenvalue weighted by Gasteiger charge is 2.15. The Morgan fingerprint density at radius 2 is 2.05 bits per heavy atom. The summed E-state index contributed by atoms with van der Waals surface area (Å²) >= 11 is 0. The zero-order valence-corrected chi connectivity index (χ0v) is 12.6. The number of rotatable bonds is 6. The van der Waals surface area contributed by atoms with Gasteiger partial charge in [-0.1, -0.05) is 32.0 Å². The Labute approximate surface area is 116 Å². The summed E-state index contributed by atoms with van der Waals surface area (Å²) in [5, 5.41) is 3.30. The predicted octanol–water partition coefficient (Wildman–Crippen LogP) is 3.33. The van der Waals surface area contributed by atoms with Crippen molar-refractivity contribution in [2.45, 2.75) is 45.6 Å². The van der Waals surface area contributed by atoms with Crippen LogP contribution in [0, 0.1) is 6.92 Å². The van der Waals surface area contributed by atoms with Gasteiger partial charge in [0.25, 0.3) is 0 Å². The van der Waals surface area contributed by atoms with Crippen LogP contribution in [0.15, 0.2) is 18.2 Å². The van der Waals surface area contributed by atoms with Gasteiger partial charge in [0.1, 0.15) is 0 Å². The number of methoxy groups -OCH3 is 1. The molecule has 1 aromatic carbocycles. The van der Waals surface area contributed by atoms with Gasteiger partial charge in [0.15, 0.2) is 0 Å².